The first-order valence-corrected chi connectivity index (χ1v) is 4.93. The van der Waals surface area contributed by atoms with Gasteiger partial charge in [-0.15, -0.1) is 0 Å². The van der Waals surface area contributed by atoms with Crippen molar-refractivity contribution in [1.29, 1.82) is 0 Å². The second-order valence-corrected chi connectivity index (χ2v) is 3.53. The second kappa shape index (κ2) is 4.40. The molecule has 0 aromatic carbocycles. The standard InChI is InChI=1S/C11H13NO3/c1-14-11(13)10-3-2-8(6-12-10)9-4-5-15-7-9/h2-3,6,9H,4-5,7H2,1H3. The van der Waals surface area contributed by atoms with Crippen LogP contribution in [-0.4, -0.2) is 31.3 Å². The van der Waals surface area contributed by atoms with Gasteiger partial charge in [0.2, 0.25) is 0 Å². The van der Waals surface area contributed by atoms with Crippen LogP contribution in [0.4, 0.5) is 0 Å². The molecule has 1 aromatic rings. The average molecular weight is 207 g/mol. The number of esters is 1. The molecule has 1 atom stereocenters. The van der Waals surface area contributed by atoms with Crippen LogP contribution in [0.2, 0.25) is 0 Å². The molecule has 1 saturated heterocycles. The van der Waals surface area contributed by atoms with Gasteiger partial charge in [0.05, 0.1) is 13.7 Å². The quantitative estimate of drug-likeness (QED) is 0.687. The van der Waals surface area contributed by atoms with Gasteiger partial charge in [-0.05, 0) is 18.1 Å². The van der Waals surface area contributed by atoms with Gasteiger partial charge in [-0.1, -0.05) is 6.07 Å². The van der Waals surface area contributed by atoms with Crippen molar-refractivity contribution in [3.8, 4) is 0 Å². The van der Waals surface area contributed by atoms with Crippen molar-refractivity contribution < 1.29 is 14.3 Å². The molecule has 1 unspecified atom stereocenters. The van der Waals surface area contributed by atoms with Crippen molar-refractivity contribution in [2.45, 2.75) is 12.3 Å². The number of pyridine rings is 1. The van der Waals surface area contributed by atoms with E-state index in [9.17, 15) is 4.79 Å². The predicted molar refractivity (Wildman–Crippen MR) is 53.8 cm³/mol. The Bertz CT molecular complexity index is 341. The summed E-state index contributed by atoms with van der Waals surface area (Å²) in [5.74, 6) is 0.0217. The smallest absolute Gasteiger partial charge is 0.356 e. The summed E-state index contributed by atoms with van der Waals surface area (Å²) >= 11 is 0. The maximum Gasteiger partial charge on any atom is 0.356 e. The number of hydrogen-bond acceptors (Lipinski definition) is 4. The minimum atomic E-state index is -0.399. The van der Waals surface area contributed by atoms with E-state index in [0.717, 1.165) is 25.2 Å². The summed E-state index contributed by atoms with van der Waals surface area (Å²) in [5.41, 5.74) is 1.47. The van der Waals surface area contributed by atoms with Crippen molar-refractivity contribution in [3.63, 3.8) is 0 Å². The summed E-state index contributed by atoms with van der Waals surface area (Å²) in [4.78, 5) is 15.2. The number of rotatable bonds is 2. The first-order chi connectivity index (χ1) is 7.31. The van der Waals surface area contributed by atoms with Crippen molar-refractivity contribution >= 4 is 5.97 Å². The third-order valence-corrected chi connectivity index (χ3v) is 2.58. The molecular weight excluding hydrogens is 194 g/mol. The maximum absolute atomic E-state index is 11.1. The zero-order valence-corrected chi connectivity index (χ0v) is 8.60. The molecule has 1 aliphatic heterocycles. The summed E-state index contributed by atoms with van der Waals surface area (Å²) in [7, 11) is 1.35. The Morgan fingerprint density at radius 2 is 2.47 bits per heavy atom. The highest BCUT2D eigenvalue weighted by Crippen LogP contribution is 2.24. The Labute approximate surface area is 88.2 Å². The Kier molecular flexibility index (Phi) is 2.97. The Morgan fingerprint density at radius 1 is 1.60 bits per heavy atom. The number of hydrogen-bond donors (Lipinski definition) is 0. The van der Waals surface area contributed by atoms with E-state index in [-0.39, 0.29) is 0 Å². The highest BCUT2D eigenvalue weighted by Gasteiger charge is 2.18. The molecule has 0 N–H and O–H groups in total. The lowest BCUT2D eigenvalue weighted by Gasteiger charge is -2.07. The van der Waals surface area contributed by atoms with E-state index in [4.69, 9.17) is 4.74 Å². The molecule has 4 nitrogen and oxygen atoms in total. The topological polar surface area (TPSA) is 48.4 Å². The summed E-state index contributed by atoms with van der Waals surface area (Å²) in [6, 6.07) is 3.61. The SMILES string of the molecule is COC(=O)c1ccc(C2CCOC2)cn1. The van der Waals surface area contributed by atoms with Crippen LogP contribution in [-0.2, 0) is 9.47 Å². The molecule has 0 spiro atoms. The van der Waals surface area contributed by atoms with Crippen LogP contribution in [0, 0.1) is 0 Å². The van der Waals surface area contributed by atoms with Crippen LogP contribution >= 0.6 is 0 Å². The molecule has 1 fully saturated rings. The van der Waals surface area contributed by atoms with Crippen molar-refractivity contribution in [3.05, 3.63) is 29.6 Å². The van der Waals surface area contributed by atoms with Crippen molar-refractivity contribution in [2.24, 2.45) is 0 Å². The number of carbonyl (C=O) groups excluding carboxylic acids is 1. The molecule has 1 aliphatic rings. The molecule has 0 radical (unpaired) electrons. The number of ether oxygens (including phenoxy) is 2. The lowest BCUT2D eigenvalue weighted by molar-refractivity contribution is 0.0594. The van der Waals surface area contributed by atoms with Crippen LogP contribution in [0.15, 0.2) is 18.3 Å². The van der Waals surface area contributed by atoms with Gasteiger partial charge < -0.3 is 9.47 Å². The Morgan fingerprint density at radius 3 is 3.00 bits per heavy atom. The fourth-order valence-corrected chi connectivity index (χ4v) is 1.67. The van der Waals surface area contributed by atoms with Gasteiger partial charge in [-0.25, -0.2) is 9.78 Å². The second-order valence-electron chi connectivity index (χ2n) is 3.53. The molecule has 1 aromatic heterocycles. The van der Waals surface area contributed by atoms with Crippen LogP contribution in [0.25, 0.3) is 0 Å². The van der Waals surface area contributed by atoms with Crippen LogP contribution in [0.5, 0.6) is 0 Å². The normalized spacial score (nSPS) is 20.2. The highest BCUT2D eigenvalue weighted by molar-refractivity contribution is 5.86. The average Bonchev–Trinajstić information content (AvgIpc) is 2.82. The number of carbonyl (C=O) groups is 1. The first kappa shape index (κ1) is 10.1. The summed E-state index contributed by atoms with van der Waals surface area (Å²) < 4.78 is 9.87. The van der Waals surface area contributed by atoms with Gasteiger partial charge in [0, 0.05) is 18.7 Å². The number of aromatic nitrogens is 1. The van der Waals surface area contributed by atoms with E-state index >= 15 is 0 Å². The molecule has 0 saturated carbocycles. The van der Waals surface area contributed by atoms with Gasteiger partial charge in [0.15, 0.2) is 0 Å². The van der Waals surface area contributed by atoms with Crippen molar-refractivity contribution in [2.75, 3.05) is 20.3 Å². The minimum Gasteiger partial charge on any atom is -0.464 e. The zero-order chi connectivity index (χ0) is 10.7. The monoisotopic (exact) mass is 207 g/mol. The Hall–Kier alpha value is -1.42. The summed E-state index contributed by atoms with van der Waals surface area (Å²) in [5, 5.41) is 0. The molecule has 0 amide bonds. The lowest BCUT2D eigenvalue weighted by Crippen LogP contribution is -2.05. The van der Waals surface area contributed by atoms with Crippen LogP contribution in [0.1, 0.15) is 28.4 Å². The van der Waals surface area contributed by atoms with E-state index in [1.54, 1.807) is 12.3 Å². The van der Waals surface area contributed by atoms with Gasteiger partial charge >= 0.3 is 5.97 Å². The molecule has 2 rings (SSSR count). The largest absolute Gasteiger partial charge is 0.464 e. The van der Waals surface area contributed by atoms with E-state index in [2.05, 4.69) is 9.72 Å². The van der Waals surface area contributed by atoms with E-state index in [0.29, 0.717) is 11.6 Å². The number of nitrogens with zero attached hydrogens (tertiary/aromatic N) is 1. The zero-order valence-electron chi connectivity index (χ0n) is 8.60. The van der Waals surface area contributed by atoms with E-state index in [1.165, 1.54) is 7.11 Å². The molecule has 2 heterocycles. The molecule has 0 aliphatic carbocycles. The lowest BCUT2D eigenvalue weighted by atomic mass is 10.0. The van der Waals surface area contributed by atoms with Gasteiger partial charge in [0.25, 0.3) is 0 Å². The molecule has 0 bridgehead atoms. The van der Waals surface area contributed by atoms with Crippen LogP contribution < -0.4 is 0 Å². The minimum absolute atomic E-state index is 0.347. The fourth-order valence-electron chi connectivity index (χ4n) is 1.67. The predicted octanol–water partition coefficient (Wildman–Crippen LogP) is 1.37. The van der Waals surface area contributed by atoms with Gasteiger partial charge in [0.1, 0.15) is 5.69 Å². The molecular formula is C11H13NO3. The Balaban J connectivity index is 2.12. The fraction of sp³-hybridized carbons (Fsp3) is 0.455. The van der Waals surface area contributed by atoms with Crippen LogP contribution in [0.3, 0.4) is 0 Å². The number of methoxy groups -OCH3 is 1. The summed E-state index contributed by atoms with van der Waals surface area (Å²) in [6.07, 6.45) is 2.75. The first-order valence-electron chi connectivity index (χ1n) is 4.93. The molecule has 80 valence electrons. The maximum atomic E-state index is 11.1. The third kappa shape index (κ3) is 2.15. The van der Waals surface area contributed by atoms with Crippen molar-refractivity contribution in [1.82, 2.24) is 4.98 Å². The van der Waals surface area contributed by atoms with E-state index < -0.39 is 5.97 Å². The molecule has 15 heavy (non-hydrogen) atoms. The summed E-state index contributed by atoms with van der Waals surface area (Å²) in [6.45, 7) is 1.56. The van der Waals surface area contributed by atoms with Gasteiger partial charge in [-0.2, -0.15) is 0 Å². The molecule has 4 heteroatoms. The van der Waals surface area contributed by atoms with E-state index in [1.807, 2.05) is 6.07 Å². The highest BCUT2D eigenvalue weighted by atomic mass is 16.5. The van der Waals surface area contributed by atoms with Gasteiger partial charge in [-0.3, -0.25) is 0 Å². The third-order valence-electron chi connectivity index (χ3n) is 2.58.